The van der Waals surface area contributed by atoms with E-state index >= 15 is 0 Å². The third kappa shape index (κ3) is 4.78. The molecule has 0 spiro atoms. The van der Waals surface area contributed by atoms with E-state index in [-0.39, 0.29) is 6.61 Å². The molecular weight excluding hydrogens is 464 g/mol. The van der Waals surface area contributed by atoms with Crippen molar-refractivity contribution in [3.05, 3.63) is 88.9 Å². The molecule has 0 unspecified atom stereocenters. The van der Waals surface area contributed by atoms with Crippen molar-refractivity contribution >= 4 is 28.5 Å². The van der Waals surface area contributed by atoms with Crippen LogP contribution >= 0.6 is 0 Å². The molecule has 0 radical (unpaired) electrons. The van der Waals surface area contributed by atoms with Crippen molar-refractivity contribution in [2.75, 3.05) is 11.9 Å². The third-order valence-corrected chi connectivity index (χ3v) is 6.08. The lowest BCUT2D eigenvalue weighted by Crippen LogP contribution is -2.11. The van der Waals surface area contributed by atoms with Crippen LogP contribution in [0.4, 0.5) is 11.6 Å². The number of rotatable bonds is 6. The van der Waals surface area contributed by atoms with Crippen molar-refractivity contribution in [2.45, 2.75) is 34.6 Å². The second kappa shape index (κ2) is 9.81. The highest BCUT2D eigenvalue weighted by Crippen LogP contribution is 2.29. The van der Waals surface area contributed by atoms with Gasteiger partial charge in [0.25, 0.3) is 0 Å². The number of hydrogen-bond donors (Lipinski definition) is 1. The minimum Gasteiger partial charge on any atom is -0.462 e. The van der Waals surface area contributed by atoms with E-state index in [0.717, 1.165) is 33.3 Å². The quantitative estimate of drug-likeness (QED) is 0.289. The Bertz CT molecular complexity index is 1630. The Morgan fingerprint density at radius 3 is 2.49 bits per heavy atom. The van der Waals surface area contributed by atoms with Crippen LogP contribution in [-0.2, 0) is 4.74 Å². The normalized spacial score (nSPS) is 11.1. The number of aryl methyl sites for hydroxylation is 4. The molecule has 0 amide bonds. The van der Waals surface area contributed by atoms with Gasteiger partial charge < -0.3 is 10.1 Å². The molecule has 0 aliphatic heterocycles. The monoisotopic (exact) mass is 492 g/mol. The number of nitrogens with one attached hydrogen (secondary N) is 1. The zero-order valence-corrected chi connectivity index (χ0v) is 21.5. The van der Waals surface area contributed by atoms with Crippen LogP contribution in [0, 0.1) is 27.7 Å². The van der Waals surface area contributed by atoms with Gasteiger partial charge in [-0.2, -0.15) is 9.78 Å². The fourth-order valence-electron chi connectivity index (χ4n) is 4.45. The van der Waals surface area contributed by atoms with Crippen molar-refractivity contribution in [2.24, 2.45) is 0 Å². The predicted octanol–water partition coefficient (Wildman–Crippen LogP) is 6.03. The van der Waals surface area contributed by atoms with Gasteiger partial charge in [-0.25, -0.2) is 19.7 Å². The smallest absolute Gasteiger partial charge is 0.343 e. The number of hydrogen-bond acceptors (Lipinski definition) is 7. The highest BCUT2D eigenvalue weighted by Gasteiger charge is 2.22. The number of nitrogens with zero attached hydrogens (tertiary/aromatic N) is 5. The fraction of sp³-hybridized carbons (Fsp3) is 0.207. The third-order valence-electron chi connectivity index (χ3n) is 6.08. The standard InChI is InChI=1S/C29H28N6O2/c1-6-37-29(36)23-16-30-35(26-14-18(3)22-13-17(2)12-19(4)27(22)34-26)28(23)33-25-15-24(31-20(5)32-25)21-10-8-7-9-11-21/h7-16H,6H2,1-5H3,(H,31,32,33). The van der Waals surface area contributed by atoms with E-state index in [2.05, 4.69) is 46.4 Å². The van der Waals surface area contributed by atoms with Crippen molar-refractivity contribution in [1.29, 1.82) is 0 Å². The number of fused-ring (bicyclic) bond motifs is 1. The lowest BCUT2D eigenvalue weighted by atomic mass is 10.0. The number of carbonyl (C=O) groups is 1. The molecule has 0 bridgehead atoms. The Kier molecular flexibility index (Phi) is 6.40. The highest BCUT2D eigenvalue weighted by atomic mass is 16.5. The lowest BCUT2D eigenvalue weighted by molar-refractivity contribution is 0.0527. The molecule has 0 aliphatic carbocycles. The van der Waals surface area contributed by atoms with Gasteiger partial charge in [0, 0.05) is 17.0 Å². The first-order chi connectivity index (χ1) is 17.8. The van der Waals surface area contributed by atoms with Crippen LogP contribution in [0.2, 0.25) is 0 Å². The summed E-state index contributed by atoms with van der Waals surface area (Å²) >= 11 is 0. The maximum Gasteiger partial charge on any atom is 0.343 e. The van der Waals surface area contributed by atoms with E-state index in [4.69, 9.17) is 9.72 Å². The summed E-state index contributed by atoms with van der Waals surface area (Å²) in [5, 5.41) is 8.93. The van der Waals surface area contributed by atoms with Gasteiger partial charge in [-0.15, -0.1) is 0 Å². The average Bonchev–Trinajstić information content (AvgIpc) is 3.28. The predicted molar refractivity (Wildman–Crippen MR) is 145 cm³/mol. The number of pyridine rings is 1. The number of esters is 1. The molecular formula is C29H28N6O2. The maximum absolute atomic E-state index is 12.9. The van der Waals surface area contributed by atoms with Gasteiger partial charge in [0.05, 0.1) is 24.0 Å². The van der Waals surface area contributed by atoms with Gasteiger partial charge in [0.15, 0.2) is 11.6 Å². The van der Waals surface area contributed by atoms with Crippen LogP contribution in [0.15, 0.2) is 60.8 Å². The topological polar surface area (TPSA) is 94.8 Å². The number of ether oxygens (including phenoxy) is 1. The van der Waals surface area contributed by atoms with Crippen LogP contribution in [0.1, 0.15) is 39.8 Å². The zero-order valence-electron chi connectivity index (χ0n) is 21.5. The van der Waals surface area contributed by atoms with Crippen molar-refractivity contribution in [1.82, 2.24) is 24.7 Å². The molecule has 0 aliphatic rings. The summed E-state index contributed by atoms with van der Waals surface area (Å²) in [5.74, 6) is 1.66. The summed E-state index contributed by atoms with van der Waals surface area (Å²) in [6, 6.07) is 17.9. The lowest BCUT2D eigenvalue weighted by Gasteiger charge is -2.14. The highest BCUT2D eigenvalue weighted by molar-refractivity contribution is 5.96. The Hall–Kier alpha value is -4.59. The van der Waals surface area contributed by atoms with Crippen LogP contribution in [0.25, 0.3) is 28.0 Å². The Morgan fingerprint density at radius 1 is 0.946 bits per heavy atom. The van der Waals surface area contributed by atoms with Crippen molar-refractivity contribution in [3.8, 4) is 17.1 Å². The molecule has 37 heavy (non-hydrogen) atoms. The Labute approximate surface area is 215 Å². The zero-order chi connectivity index (χ0) is 26.1. The van der Waals surface area contributed by atoms with E-state index in [0.29, 0.717) is 28.8 Å². The first-order valence-electron chi connectivity index (χ1n) is 12.2. The van der Waals surface area contributed by atoms with Crippen LogP contribution in [0.5, 0.6) is 0 Å². The minimum absolute atomic E-state index is 0.250. The van der Waals surface area contributed by atoms with E-state index < -0.39 is 5.97 Å². The molecule has 0 saturated carbocycles. The fourth-order valence-corrected chi connectivity index (χ4v) is 4.45. The first-order valence-corrected chi connectivity index (χ1v) is 12.2. The molecule has 3 heterocycles. The molecule has 0 saturated heterocycles. The van der Waals surface area contributed by atoms with Gasteiger partial charge in [0.1, 0.15) is 17.2 Å². The minimum atomic E-state index is -0.477. The van der Waals surface area contributed by atoms with E-state index in [1.54, 1.807) is 11.6 Å². The molecule has 8 nitrogen and oxygen atoms in total. The van der Waals surface area contributed by atoms with Crippen LogP contribution in [-0.4, -0.2) is 37.3 Å². The molecule has 2 aromatic carbocycles. The molecule has 0 fully saturated rings. The largest absolute Gasteiger partial charge is 0.462 e. The van der Waals surface area contributed by atoms with Gasteiger partial charge in [-0.1, -0.05) is 42.0 Å². The number of aromatic nitrogens is 5. The first kappa shape index (κ1) is 24.1. The summed E-state index contributed by atoms with van der Waals surface area (Å²) in [6.07, 6.45) is 1.50. The molecule has 5 aromatic rings. The number of carbonyl (C=O) groups excluding carboxylic acids is 1. The maximum atomic E-state index is 12.9. The summed E-state index contributed by atoms with van der Waals surface area (Å²) in [4.78, 5) is 26.9. The molecule has 3 aromatic heterocycles. The summed E-state index contributed by atoms with van der Waals surface area (Å²) in [7, 11) is 0. The summed E-state index contributed by atoms with van der Waals surface area (Å²) < 4.78 is 6.94. The number of anilines is 2. The second-order valence-corrected chi connectivity index (χ2v) is 8.99. The molecule has 0 atom stereocenters. The molecule has 186 valence electrons. The van der Waals surface area contributed by atoms with Gasteiger partial charge >= 0.3 is 5.97 Å². The van der Waals surface area contributed by atoms with Crippen LogP contribution < -0.4 is 5.32 Å². The van der Waals surface area contributed by atoms with Crippen molar-refractivity contribution in [3.63, 3.8) is 0 Å². The van der Waals surface area contributed by atoms with E-state index in [1.807, 2.05) is 56.3 Å². The Morgan fingerprint density at radius 2 is 1.73 bits per heavy atom. The van der Waals surface area contributed by atoms with E-state index in [9.17, 15) is 4.79 Å². The van der Waals surface area contributed by atoms with Crippen LogP contribution in [0.3, 0.4) is 0 Å². The second-order valence-electron chi connectivity index (χ2n) is 8.99. The summed E-state index contributed by atoms with van der Waals surface area (Å²) in [5.41, 5.74) is 6.24. The molecule has 5 rings (SSSR count). The molecule has 8 heteroatoms. The SMILES string of the molecule is CCOC(=O)c1cnn(-c2cc(C)c3cc(C)cc(C)c3n2)c1Nc1cc(-c2ccccc2)nc(C)n1. The average molecular weight is 493 g/mol. The van der Waals surface area contributed by atoms with E-state index in [1.165, 1.54) is 11.8 Å². The Balaban J connectivity index is 1.65. The number of benzene rings is 2. The van der Waals surface area contributed by atoms with Crippen molar-refractivity contribution < 1.29 is 9.53 Å². The van der Waals surface area contributed by atoms with Gasteiger partial charge in [0.2, 0.25) is 0 Å². The molecule has 1 N–H and O–H groups in total. The van der Waals surface area contributed by atoms with Gasteiger partial charge in [-0.05, 0) is 57.9 Å². The van der Waals surface area contributed by atoms with Gasteiger partial charge in [-0.3, -0.25) is 0 Å². The summed E-state index contributed by atoms with van der Waals surface area (Å²) in [6.45, 7) is 10.0.